The number of imide groups is 1. The van der Waals surface area contributed by atoms with E-state index in [1.165, 1.54) is 4.88 Å². The number of benzene rings is 1. The van der Waals surface area contributed by atoms with Crippen LogP contribution < -0.4 is 20.1 Å². The molecule has 30 heavy (non-hydrogen) atoms. The topological polar surface area (TPSA) is 118 Å². The lowest BCUT2D eigenvalue weighted by molar-refractivity contribution is -0.117. The first-order valence-electron chi connectivity index (χ1n) is 9.18. The van der Waals surface area contributed by atoms with Crippen LogP contribution in [0, 0.1) is 0 Å². The number of ether oxygens (including phenoxy) is 2. The van der Waals surface area contributed by atoms with E-state index in [0.717, 1.165) is 17.6 Å². The summed E-state index contributed by atoms with van der Waals surface area (Å²) in [5.41, 5.74) is 0. The van der Waals surface area contributed by atoms with Gasteiger partial charge in [-0.15, -0.1) is 16.4 Å². The molecule has 2 aromatic heterocycles. The first kappa shape index (κ1) is 20.2. The van der Waals surface area contributed by atoms with Crippen molar-refractivity contribution in [1.82, 2.24) is 25.8 Å². The van der Waals surface area contributed by atoms with E-state index in [4.69, 9.17) is 9.47 Å². The fraction of sp³-hybridized carbons (Fsp3) is 0.263. The summed E-state index contributed by atoms with van der Waals surface area (Å²) in [6, 6.07) is 10.7. The van der Waals surface area contributed by atoms with Crippen LogP contribution in [-0.4, -0.2) is 52.1 Å². The van der Waals surface area contributed by atoms with E-state index in [0.29, 0.717) is 29.7 Å². The average Bonchev–Trinajstić information content (AvgIpc) is 3.43. The molecule has 3 aromatic rings. The van der Waals surface area contributed by atoms with Gasteiger partial charge in [-0.1, -0.05) is 30.0 Å². The highest BCUT2D eigenvalue weighted by atomic mass is 32.2. The zero-order valence-corrected chi connectivity index (χ0v) is 17.4. The maximum absolute atomic E-state index is 12.0. The van der Waals surface area contributed by atoms with Gasteiger partial charge >= 0.3 is 6.03 Å². The quantitative estimate of drug-likeness (QED) is 0.477. The van der Waals surface area contributed by atoms with Crippen LogP contribution in [0.15, 0.2) is 46.9 Å². The monoisotopic (exact) mass is 445 g/mol. The Balaban J connectivity index is 1.16. The van der Waals surface area contributed by atoms with E-state index >= 15 is 0 Å². The van der Waals surface area contributed by atoms with Crippen LogP contribution in [0.25, 0.3) is 0 Å². The zero-order valence-electron chi connectivity index (χ0n) is 15.8. The number of nitrogens with one attached hydrogen (secondary N) is 3. The summed E-state index contributed by atoms with van der Waals surface area (Å²) in [6.07, 6.45) is 0.335. The third kappa shape index (κ3) is 5.51. The Bertz CT molecular complexity index is 1010. The number of amides is 3. The molecular weight excluding hydrogens is 426 g/mol. The number of hydrogen-bond donors (Lipinski definition) is 3. The SMILES string of the molecule is O=C(CSc1n[nH]c(Cc2cccs2)n1)NC(=O)NCC1COc2ccccc2O1. The molecule has 0 bridgehead atoms. The minimum Gasteiger partial charge on any atom is -0.486 e. The molecule has 3 N–H and O–H groups in total. The second-order valence-corrected chi connectivity index (χ2v) is 8.34. The lowest BCUT2D eigenvalue weighted by Crippen LogP contribution is -2.46. The Labute approximate surface area is 180 Å². The van der Waals surface area contributed by atoms with Gasteiger partial charge in [-0.25, -0.2) is 9.78 Å². The van der Waals surface area contributed by atoms with E-state index in [1.807, 2.05) is 35.7 Å². The Kier molecular flexibility index (Phi) is 6.50. The predicted molar refractivity (Wildman–Crippen MR) is 112 cm³/mol. The second-order valence-electron chi connectivity index (χ2n) is 6.37. The van der Waals surface area contributed by atoms with E-state index < -0.39 is 11.9 Å². The first-order chi connectivity index (χ1) is 14.7. The second kappa shape index (κ2) is 9.63. The highest BCUT2D eigenvalue weighted by molar-refractivity contribution is 7.99. The predicted octanol–water partition coefficient (Wildman–Crippen LogP) is 2.21. The number of para-hydroxylation sites is 2. The number of aromatic amines is 1. The summed E-state index contributed by atoms with van der Waals surface area (Å²) >= 11 is 2.80. The number of urea groups is 1. The smallest absolute Gasteiger partial charge is 0.321 e. The number of nitrogens with zero attached hydrogens (tertiary/aromatic N) is 2. The number of hydrogen-bond acceptors (Lipinski definition) is 8. The number of fused-ring (bicyclic) bond motifs is 1. The van der Waals surface area contributed by atoms with Crippen LogP contribution >= 0.6 is 23.1 Å². The van der Waals surface area contributed by atoms with Gasteiger partial charge in [0.25, 0.3) is 0 Å². The fourth-order valence-corrected chi connectivity index (χ4v) is 4.03. The van der Waals surface area contributed by atoms with Crippen molar-refractivity contribution in [3.63, 3.8) is 0 Å². The van der Waals surface area contributed by atoms with E-state index in [9.17, 15) is 9.59 Å². The molecule has 0 saturated heterocycles. The van der Waals surface area contributed by atoms with Gasteiger partial charge in [0.2, 0.25) is 11.1 Å². The van der Waals surface area contributed by atoms with E-state index in [-0.39, 0.29) is 18.4 Å². The molecule has 1 unspecified atom stereocenters. The number of aromatic nitrogens is 3. The van der Waals surface area contributed by atoms with Crippen molar-refractivity contribution in [2.45, 2.75) is 17.7 Å². The van der Waals surface area contributed by atoms with Crippen molar-refractivity contribution in [1.29, 1.82) is 0 Å². The summed E-state index contributed by atoms with van der Waals surface area (Å²) < 4.78 is 11.3. The van der Waals surface area contributed by atoms with Gasteiger partial charge in [0.15, 0.2) is 17.6 Å². The molecule has 156 valence electrons. The fourth-order valence-electron chi connectivity index (χ4n) is 2.71. The van der Waals surface area contributed by atoms with Gasteiger partial charge in [-0.3, -0.25) is 15.2 Å². The molecule has 1 aromatic carbocycles. The maximum Gasteiger partial charge on any atom is 0.321 e. The van der Waals surface area contributed by atoms with Crippen LogP contribution in [0.4, 0.5) is 4.79 Å². The first-order valence-corrected chi connectivity index (χ1v) is 11.0. The van der Waals surface area contributed by atoms with Crippen LogP contribution in [-0.2, 0) is 11.2 Å². The van der Waals surface area contributed by atoms with Crippen molar-refractivity contribution in [2.24, 2.45) is 0 Å². The third-order valence-corrected chi connectivity index (χ3v) is 5.80. The van der Waals surface area contributed by atoms with Gasteiger partial charge in [-0.05, 0) is 23.6 Å². The number of thiophene rings is 1. The van der Waals surface area contributed by atoms with Gasteiger partial charge in [-0.2, -0.15) is 0 Å². The number of carbonyl (C=O) groups is 2. The molecule has 0 spiro atoms. The highest BCUT2D eigenvalue weighted by Gasteiger charge is 2.21. The van der Waals surface area contributed by atoms with Crippen molar-refractivity contribution in [3.05, 3.63) is 52.5 Å². The Morgan fingerprint density at radius 2 is 2.10 bits per heavy atom. The molecule has 9 nitrogen and oxygen atoms in total. The molecular formula is C19H19N5O4S2. The normalized spacial score (nSPS) is 14.9. The van der Waals surface area contributed by atoms with Crippen molar-refractivity contribution in [3.8, 4) is 11.5 Å². The number of rotatable bonds is 7. The van der Waals surface area contributed by atoms with Crippen molar-refractivity contribution < 1.29 is 19.1 Å². The number of thioether (sulfide) groups is 1. The summed E-state index contributed by atoms with van der Waals surface area (Å²) in [7, 11) is 0. The highest BCUT2D eigenvalue weighted by Crippen LogP contribution is 2.30. The number of carbonyl (C=O) groups excluding carboxylic acids is 2. The van der Waals surface area contributed by atoms with Crippen LogP contribution in [0.5, 0.6) is 11.5 Å². The summed E-state index contributed by atoms with van der Waals surface area (Å²) in [5.74, 6) is 1.63. The Hall–Kier alpha value is -3.05. The van der Waals surface area contributed by atoms with Gasteiger partial charge in [0.05, 0.1) is 12.3 Å². The molecule has 0 fully saturated rings. The largest absolute Gasteiger partial charge is 0.486 e. The molecule has 3 heterocycles. The van der Waals surface area contributed by atoms with Gasteiger partial charge in [0, 0.05) is 11.3 Å². The Morgan fingerprint density at radius 1 is 1.23 bits per heavy atom. The molecule has 1 aliphatic rings. The molecule has 1 atom stereocenters. The van der Waals surface area contributed by atoms with Crippen LogP contribution in [0.1, 0.15) is 10.7 Å². The maximum atomic E-state index is 12.0. The third-order valence-electron chi connectivity index (χ3n) is 4.08. The molecule has 0 aliphatic carbocycles. The van der Waals surface area contributed by atoms with Crippen molar-refractivity contribution in [2.75, 3.05) is 18.9 Å². The summed E-state index contributed by atoms with van der Waals surface area (Å²) in [6.45, 7) is 0.535. The van der Waals surface area contributed by atoms with E-state index in [2.05, 4.69) is 25.8 Å². The zero-order chi connectivity index (χ0) is 20.8. The van der Waals surface area contributed by atoms with Crippen molar-refractivity contribution >= 4 is 35.0 Å². The minimum atomic E-state index is -0.587. The standard InChI is InChI=1S/C19H19N5O4S2/c25-17(11-30-19-21-16(23-24-19)8-13-4-3-7-29-13)22-18(26)20-9-12-10-27-14-5-1-2-6-15(14)28-12/h1-7,12H,8-11H2,(H,21,23,24)(H2,20,22,25,26). The van der Waals surface area contributed by atoms with Crippen LogP contribution in [0.3, 0.4) is 0 Å². The minimum absolute atomic E-state index is 0.0279. The molecule has 1 aliphatic heterocycles. The van der Waals surface area contributed by atoms with Gasteiger partial charge < -0.3 is 14.8 Å². The summed E-state index contributed by atoms with van der Waals surface area (Å²) in [5, 5.41) is 14.3. The van der Waals surface area contributed by atoms with Gasteiger partial charge in [0.1, 0.15) is 12.4 Å². The average molecular weight is 446 g/mol. The molecule has 0 radical (unpaired) electrons. The molecule has 11 heteroatoms. The molecule has 4 rings (SSSR count). The lowest BCUT2D eigenvalue weighted by Gasteiger charge is -2.26. The lowest BCUT2D eigenvalue weighted by atomic mass is 10.2. The van der Waals surface area contributed by atoms with E-state index in [1.54, 1.807) is 17.4 Å². The Morgan fingerprint density at radius 3 is 2.93 bits per heavy atom. The summed E-state index contributed by atoms with van der Waals surface area (Å²) in [4.78, 5) is 29.5. The molecule has 3 amide bonds. The number of H-pyrrole nitrogens is 1. The molecule has 0 saturated carbocycles. The van der Waals surface area contributed by atoms with Crippen LogP contribution in [0.2, 0.25) is 0 Å².